The van der Waals surface area contributed by atoms with Crippen molar-refractivity contribution in [1.29, 1.82) is 5.26 Å². The Labute approximate surface area is 121 Å². The lowest BCUT2D eigenvalue weighted by atomic mass is 9.82. The number of hydrogen-bond donors (Lipinski definition) is 0. The maximum atomic E-state index is 12.0. The fraction of sp³-hybridized carbons (Fsp3) is 0.533. The molecule has 2 bridgehead atoms. The summed E-state index contributed by atoms with van der Waals surface area (Å²) in [4.78, 5) is 23.8. The number of carbonyl (C=O) groups excluding carboxylic acids is 2. The van der Waals surface area contributed by atoms with Gasteiger partial charge in [0, 0.05) is 6.42 Å². The molecule has 0 spiro atoms. The Morgan fingerprint density at radius 3 is 2.86 bits per heavy atom. The zero-order valence-corrected chi connectivity index (χ0v) is 12.1. The van der Waals surface area contributed by atoms with E-state index in [1.165, 1.54) is 0 Å². The predicted molar refractivity (Wildman–Crippen MR) is 69.2 cm³/mol. The summed E-state index contributed by atoms with van der Waals surface area (Å²) < 4.78 is 15.9. The molecule has 2 aliphatic heterocycles. The molecule has 0 saturated heterocycles. The molecule has 0 N–H and O–H groups in total. The van der Waals surface area contributed by atoms with Crippen molar-refractivity contribution in [1.82, 2.24) is 0 Å². The molecule has 6 nitrogen and oxygen atoms in total. The molecule has 3 rings (SSSR count). The normalized spacial score (nSPS) is 22.1. The smallest absolute Gasteiger partial charge is 0.340 e. The molecule has 1 aromatic heterocycles. The number of ether oxygens (including phenoxy) is 2. The van der Waals surface area contributed by atoms with Gasteiger partial charge in [-0.3, -0.25) is 4.79 Å². The molecule has 0 amide bonds. The molecule has 1 aromatic rings. The fourth-order valence-electron chi connectivity index (χ4n) is 2.45. The van der Waals surface area contributed by atoms with E-state index in [0.29, 0.717) is 17.7 Å². The zero-order chi connectivity index (χ0) is 15.4. The minimum absolute atomic E-state index is 0.00871. The van der Waals surface area contributed by atoms with Gasteiger partial charge in [-0.2, -0.15) is 5.26 Å². The molecular formula is C15H15NO5. The molecule has 0 fully saturated rings. The molecule has 0 saturated carbocycles. The SMILES string of the molecule is CCC(C)(C)C(=O)OCc1c2oc3c1OC(=O)C3(C#N)C2. The van der Waals surface area contributed by atoms with Gasteiger partial charge in [0.2, 0.25) is 5.41 Å². The van der Waals surface area contributed by atoms with Crippen molar-refractivity contribution in [3.05, 3.63) is 17.1 Å². The van der Waals surface area contributed by atoms with Gasteiger partial charge in [0.05, 0.1) is 17.0 Å². The lowest BCUT2D eigenvalue weighted by Crippen LogP contribution is -2.31. The molecule has 0 aliphatic carbocycles. The average molecular weight is 289 g/mol. The number of nitriles is 1. The summed E-state index contributed by atoms with van der Waals surface area (Å²) in [5, 5.41) is 9.21. The minimum atomic E-state index is -1.32. The Morgan fingerprint density at radius 2 is 2.24 bits per heavy atom. The van der Waals surface area contributed by atoms with Crippen molar-refractivity contribution < 1.29 is 23.5 Å². The molecular weight excluding hydrogens is 274 g/mol. The van der Waals surface area contributed by atoms with Crippen LogP contribution in [0.5, 0.6) is 5.75 Å². The van der Waals surface area contributed by atoms with Crippen molar-refractivity contribution >= 4 is 11.9 Å². The van der Waals surface area contributed by atoms with Crippen LogP contribution in [0.15, 0.2) is 4.42 Å². The minimum Gasteiger partial charge on any atom is -0.460 e. The number of fused-ring (bicyclic) bond motifs is 1. The quantitative estimate of drug-likeness (QED) is 0.787. The van der Waals surface area contributed by atoms with E-state index in [9.17, 15) is 14.9 Å². The molecule has 110 valence electrons. The third kappa shape index (κ3) is 1.63. The van der Waals surface area contributed by atoms with Crippen molar-refractivity contribution in [2.24, 2.45) is 5.41 Å². The highest BCUT2D eigenvalue weighted by atomic mass is 16.6. The molecule has 0 radical (unpaired) electrons. The van der Waals surface area contributed by atoms with E-state index in [1.807, 2.05) is 26.8 Å². The second kappa shape index (κ2) is 4.10. The number of nitrogens with zero attached hydrogens (tertiary/aromatic N) is 1. The van der Waals surface area contributed by atoms with Gasteiger partial charge in [0.1, 0.15) is 12.4 Å². The zero-order valence-electron chi connectivity index (χ0n) is 12.1. The second-order valence-corrected chi connectivity index (χ2v) is 6.06. The van der Waals surface area contributed by atoms with Crippen molar-refractivity contribution in [3.63, 3.8) is 0 Å². The third-order valence-electron chi connectivity index (χ3n) is 4.37. The summed E-state index contributed by atoms with van der Waals surface area (Å²) in [6, 6.07) is 1.97. The molecule has 0 aromatic carbocycles. The van der Waals surface area contributed by atoms with Gasteiger partial charge in [-0.1, -0.05) is 6.92 Å². The summed E-state index contributed by atoms with van der Waals surface area (Å²) in [6.45, 7) is 5.52. The van der Waals surface area contributed by atoms with Gasteiger partial charge in [0.15, 0.2) is 11.5 Å². The Balaban J connectivity index is 1.82. The second-order valence-electron chi connectivity index (χ2n) is 6.06. The lowest BCUT2D eigenvalue weighted by Gasteiger charge is -2.20. The molecule has 1 unspecified atom stereocenters. The number of hydrogen-bond acceptors (Lipinski definition) is 6. The van der Waals surface area contributed by atoms with Crippen LogP contribution in [0, 0.1) is 16.7 Å². The highest BCUT2D eigenvalue weighted by Crippen LogP contribution is 2.53. The van der Waals surface area contributed by atoms with Crippen molar-refractivity contribution in [3.8, 4) is 11.8 Å². The predicted octanol–water partition coefficient (Wildman–Crippen LogP) is 2.00. The summed E-state index contributed by atoms with van der Waals surface area (Å²) in [5.74, 6) is 0.0766. The van der Waals surface area contributed by atoms with Gasteiger partial charge in [-0.25, -0.2) is 4.79 Å². The van der Waals surface area contributed by atoms with Crippen LogP contribution in [-0.2, 0) is 32.8 Å². The maximum absolute atomic E-state index is 12.0. The standard InChI is InChI=1S/C15H15NO5/c1-4-14(2,3)12(17)19-6-8-9-5-15(7-16)11(20-9)10(8)21-13(15)18/h4-6H2,1-3H3. The van der Waals surface area contributed by atoms with Crippen LogP contribution in [-0.4, -0.2) is 11.9 Å². The molecule has 6 heteroatoms. The Hall–Kier alpha value is -2.29. The first-order chi connectivity index (χ1) is 9.85. The topological polar surface area (TPSA) is 89.5 Å². The maximum Gasteiger partial charge on any atom is 0.340 e. The first-order valence-corrected chi connectivity index (χ1v) is 6.81. The van der Waals surface area contributed by atoms with Crippen LogP contribution in [0.1, 0.15) is 44.3 Å². The number of furan rings is 1. The highest BCUT2D eigenvalue weighted by molar-refractivity contribution is 5.95. The van der Waals surface area contributed by atoms with Crippen molar-refractivity contribution in [2.45, 2.75) is 45.6 Å². The first kappa shape index (κ1) is 13.7. The fourth-order valence-corrected chi connectivity index (χ4v) is 2.45. The largest absolute Gasteiger partial charge is 0.460 e. The van der Waals surface area contributed by atoms with E-state index < -0.39 is 16.8 Å². The van der Waals surface area contributed by atoms with Crippen molar-refractivity contribution in [2.75, 3.05) is 0 Å². The van der Waals surface area contributed by atoms with Crippen LogP contribution in [0.25, 0.3) is 0 Å². The number of esters is 2. The van der Waals surface area contributed by atoms with Gasteiger partial charge in [-0.05, 0) is 20.3 Å². The molecule has 2 aliphatic rings. The van der Waals surface area contributed by atoms with E-state index in [0.717, 1.165) is 0 Å². The van der Waals surface area contributed by atoms with E-state index in [1.54, 1.807) is 0 Å². The molecule has 3 heterocycles. The van der Waals surface area contributed by atoms with Crippen LogP contribution in [0.2, 0.25) is 0 Å². The van der Waals surface area contributed by atoms with E-state index in [4.69, 9.17) is 13.9 Å². The third-order valence-corrected chi connectivity index (χ3v) is 4.37. The van der Waals surface area contributed by atoms with Crippen LogP contribution >= 0.6 is 0 Å². The van der Waals surface area contributed by atoms with Crippen LogP contribution in [0.3, 0.4) is 0 Å². The average Bonchev–Trinajstić information content (AvgIpc) is 3.04. The van der Waals surface area contributed by atoms with Gasteiger partial charge in [-0.15, -0.1) is 0 Å². The Morgan fingerprint density at radius 1 is 1.52 bits per heavy atom. The summed E-state index contributed by atoms with van der Waals surface area (Å²) in [6.07, 6.45) is 0.819. The van der Waals surface area contributed by atoms with Gasteiger partial charge < -0.3 is 13.9 Å². The van der Waals surface area contributed by atoms with E-state index >= 15 is 0 Å². The van der Waals surface area contributed by atoms with Gasteiger partial charge >= 0.3 is 11.9 Å². The first-order valence-electron chi connectivity index (χ1n) is 6.81. The van der Waals surface area contributed by atoms with Crippen LogP contribution in [0.4, 0.5) is 0 Å². The summed E-state index contributed by atoms with van der Waals surface area (Å²) >= 11 is 0. The Bertz CT molecular complexity index is 694. The lowest BCUT2D eigenvalue weighted by molar-refractivity contribution is -0.155. The molecule has 21 heavy (non-hydrogen) atoms. The van der Waals surface area contributed by atoms with E-state index in [2.05, 4.69) is 0 Å². The number of rotatable bonds is 4. The highest BCUT2D eigenvalue weighted by Gasteiger charge is 2.60. The molecule has 1 atom stereocenters. The summed E-state index contributed by atoms with van der Waals surface area (Å²) in [5.41, 5.74) is -1.33. The van der Waals surface area contributed by atoms with E-state index in [-0.39, 0.29) is 30.5 Å². The summed E-state index contributed by atoms with van der Waals surface area (Å²) in [7, 11) is 0. The Kier molecular flexibility index (Phi) is 2.67. The number of carbonyl (C=O) groups is 2. The monoisotopic (exact) mass is 289 g/mol. The van der Waals surface area contributed by atoms with Gasteiger partial charge in [0.25, 0.3) is 0 Å². The van der Waals surface area contributed by atoms with Crippen LogP contribution < -0.4 is 4.74 Å².